The van der Waals surface area contributed by atoms with E-state index in [4.69, 9.17) is 14.5 Å². The summed E-state index contributed by atoms with van der Waals surface area (Å²) in [5, 5.41) is 3.93. The van der Waals surface area contributed by atoms with Crippen LogP contribution in [0.15, 0.2) is 53.0 Å². The number of nitrogens with one attached hydrogen (secondary N) is 1. The van der Waals surface area contributed by atoms with Gasteiger partial charge in [0.1, 0.15) is 5.75 Å². The van der Waals surface area contributed by atoms with Crippen molar-refractivity contribution in [1.82, 2.24) is 10.3 Å². The Morgan fingerprint density at radius 1 is 1.28 bits per heavy atom. The van der Waals surface area contributed by atoms with Gasteiger partial charge in [0.05, 0.1) is 36.0 Å². The first kappa shape index (κ1) is 19.9. The molecule has 2 aromatic carbocycles. The van der Waals surface area contributed by atoms with Crippen molar-refractivity contribution in [1.29, 1.82) is 0 Å². The minimum Gasteiger partial charge on any atom is -0.497 e. The fourth-order valence-electron chi connectivity index (χ4n) is 3.69. The van der Waals surface area contributed by atoms with Crippen molar-refractivity contribution in [2.75, 3.05) is 13.7 Å². The van der Waals surface area contributed by atoms with Gasteiger partial charge >= 0.3 is 0 Å². The number of carbonyl (C=O) groups is 1. The Hall–Kier alpha value is -2.44. The van der Waals surface area contributed by atoms with Crippen LogP contribution >= 0.6 is 15.9 Å². The minimum absolute atomic E-state index is 0.0550. The Balaban J connectivity index is 1.75. The van der Waals surface area contributed by atoms with Gasteiger partial charge < -0.3 is 14.8 Å². The maximum absolute atomic E-state index is 13.2. The van der Waals surface area contributed by atoms with Crippen molar-refractivity contribution in [2.45, 2.75) is 31.9 Å². The van der Waals surface area contributed by atoms with E-state index in [1.807, 2.05) is 55.5 Å². The molecule has 150 valence electrons. The maximum atomic E-state index is 13.2. The van der Waals surface area contributed by atoms with Crippen LogP contribution in [-0.2, 0) is 4.74 Å². The summed E-state index contributed by atoms with van der Waals surface area (Å²) in [6.07, 6.45) is 2.08. The van der Waals surface area contributed by atoms with Crippen molar-refractivity contribution in [3.63, 3.8) is 0 Å². The molecule has 1 saturated heterocycles. The zero-order valence-electron chi connectivity index (χ0n) is 16.4. The molecule has 3 aromatic rings. The lowest BCUT2D eigenvalue weighted by molar-refractivity contribution is 0.0713. The number of methoxy groups -OCH3 is 1. The summed E-state index contributed by atoms with van der Waals surface area (Å²) >= 11 is 3.51. The summed E-state index contributed by atoms with van der Waals surface area (Å²) < 4.78 is 12.0. The fourth-order valence-corrected chi connectivity index (χ4v) is 4.05. The molecule has 5 nitrogen and oxygen atoms in total. The van der Waals surface area contributed by atoms with E-state index in [2.05, 4.69) is 21.2 Å². The van der Waals surface area contributed by atoms with E-state index in [-0.39, 0.29) is 18.1 Å². The van der Waals surface area contributed by atoms with Crippen LogP contribution in [0.2, 0.25) is 0 Å². The van der Waals surface area contributed by atoms with E-state index in [0.717, 1.165) is 51.8 Å². The molecule has 1 aromatic heterocycles. The van der Waals surface area contributed by atoms with E-state index < -0.39 is 0 Å². The average Bonchev–Trinajstić information content (AvgIpc) is 3.28. The van der Waals surface area contributed by atoms with Crippen LogP contribution in [0.4, 0.5) is 0 Å². The largest absolute Gasteiger partial charge is 0.497 e. The van der Waals surface area contributed by atoms with Crippen LogP contribution in [0, 0.1) is 0 Å². The van der Waals surface area contributed by atoms with Gasteiger partial charge in [-0.15, -0.1) is 0 Å². The molecule has 0 radical (unpaired) electrons. The van der Waals surface area contributed by atoms with Gasteiger partial charge in [-0.3, -0.25) is 4.79 Å². The number of hydrogen-bond acceptors (Lipinski definition) is 4. The van der Waals surface area contributed by atoms with Gasteiger partial charge in [0.15, 0.2) is 0 Å². The molecule has 2 atom stereocenters. The van der Waals surface area contributed by atoms with Crippen molar-refractivity contribution < 1.29 is 14.3 Å². The zero-order valence-corrected chi connectivity index (χ0v) is 18.0. The molecule has 4 rings (SSSR count). The standard InChI is InChI=1S/C23H23BrN2O3/c1-14(22-7-4-10-29-22)25-23(27)19-13-21(15-5-3-6-17(11-15)28-2)26-20-9-8-16(24)12-18(19)20/h3,5-6,8-9,11-14,22H,4,7,10H2,1-2H3,(H,25,27)/t14-,22+/m0/s1. The summed E-state index contributed by atoms with van der Waals surface area (Å²) in [6.45, 7) is 2.76. The number of benzene rings is 2. The minimum atomic E-state index is -0.123. The number of fused-ring (bicyclic) bond motifs is 1. The first-order valence-corrected chi connectivity index (χ1v) is 10.5. The molecule has 1 N–H and O–H groups in total. The highest BCUT2D eigenvalue weighted by atomic mass is 79.9. The number of hydrogen-bond donors (Lipinski definition) is 1. The maximum Gasteiger partial charge on any atom is 0.252 e. The lowest BCUT2D eigenvalue weighted by atomic mass is 10.0. The first-order chi connectivity index (χ1) is 14.0. The number of aromatic nitrogens is 1. The highest BCUT2D eigenvalue weighted by Crippen LogP contribution is 2.29. The third kappa shape index (κ3) is 4.28. The Bertz CT molecular complexity index is 1050. The number of nitrogens with zero attached hydrogens (tertiary/aromatic N) is 1. The first-order valence-electron chi connectivity index (χ1n) is 9.72. The van der Waals surface area contributed by atoms with Crippen LogP contribution in [0.3, 0.4) is 0 Å². The number of carbonyl (C=O) groups excluding carboxylic acids is 1. The number of halogens is 1. The molecule has 1 aliphatic rings. The van der Waals surface area contributed by atoms with Gasteiger partial charge in [-0.05, 0) is 56.2 Å². The highest BCUT2D eigenvalue weighted by molar-refractivity contribution is 9.10. The lowest BCUT2D eigenvalue weighted by Gasteiger charge is -2.20. The molecule has 1 amide bonds. The van der Waals surface area contributed by atoms with Gasteiger partial charge in [0.25, 0.3) is 5.91 Å². The van der Waals surface area contributed by atoms with E-state index in [0.29, 0.717) is 5.56 Å². The highest BCUT2D eigenvalue weighted by Gasteiger charge is 2.25. The normalized spacial score (nSPS) is 17.3. The smallest absolute Gasteiger partial charge is 0.252 e. The molecule has 0 unspecified atom stereocenters. The second-order valence-electron chi connectivity index (χ2n) is 7.26. The number of ether oxygens (including phenoxy) is 2. The monoisotopic (exact) mass is 454 g/mol. The Labute approximate surface area is 178 Å². The molecule has 0 aliphatic carbocycles. The van der Waals surface area contributed by atoms with Gasteiger partial charge in [-0.1, -0.05) is 28.1 Å². The second kappa shape index (κ2) is 8.51. The molecular formula is C23H23BrN2O3. The number of pyridine rings is 1. The third-order valence-corrected chi connectivity index (χ3v) is 5.76. The molecule has 1 aliphatic heterocycles. The van der Waals surface area contributed by atoms with Crippen LogP contribution in [0.1, 0.15) is 30.1 Å². The topological polar surface area (TPSA) is 60.5 Å². The van der Waals surface area contributed by atoms with Gasteiger partial charge in [0, 0.05) is 22.0 Å². The van der Waals surface area contributed by atoms with Gasteiger partial charge in [0.2, 0.25) is 0 Å². The Morgan fingerprint density at radius 3 is 2.90 bits per heavy atom. The van der Waals surface area contributed by atoms with Crippen molar-refractivity contribution in [3.8, 4) is 17.0 Å². The quantitative estimate of drug-likeness (QED) is 0.590. The fraction of sp³-hybridized carbons (Fsp3) is 0.304. The van der Waals surface area contributed by atoms with E-state index in [1.165, 1.54) is 0 Å². The molecule has 2 heterocycles. The van der Waals surface area contributed by atoms with Crippen LogP contribution in [0.5, 0.6) is 5.75 Å². The lowest BCUT2D eigenvalue weighted by Crippen LogP contribution is -2.40. The summed E-state index contributed by atoms with van der Waals surface area (Å²) in [4.78, 5) is 18.0. The van der Waals surface area contributed by atoms with Gasteiger partial charge in [-0.25, -0.2) is 4.98 Å². The number of amides is 1. The van der Waals surface area contributed by atoms with Crippen molar-refractivity contribution in [2.24, 2.45) is 0 Å². The van der Waals surface area contributed by atoms with E-state index in [1.54, 1.807) is 7.11 Å². The predicted molar refractivity (Wildman–Crippen MR) is 117 cm³/mol. The molecule has 0 bridgehead atoms. The Morgan fingerprint density at radius 2 is 2.14 bits per heavy atom. The van der Waals surface area contributed by atoms with Crippen LogP contribution in [0.25, 0.3) is 22.2 Å². The summed E-state index contributed by atoms with van der Waals surface area (Å²) in [7, 11) is 1.63. The predicted octanol–water partition coefficient (Wildman–Crippen LogP) is 4.97. The summed E-state index contributed by atoms with van der Waals surface area (Å²) in [6, 6.07) is 15.3. The second-order valence-corrected chi connectivity index (χ2v) is 8.18. The molecular weight excluding hydrogens is 432 g/mol. The molecule has 0 spiro atoms. The number of rotatable bonds is 5. The zero-order chi connectivity index (χ0) is 20.4. The molecule has 29 heavy (non-hydrogen) atoms. The SMILES string of the molecule is COc1cccc(-c2cc(C(=O)N[C@@H](C)[C@H]3CCCO3)c3cc(Br)ccc3n2)c1. The molecule has 1 fully saturated rings. The van der Waals surface area contributed by atoms with E-state index in [9.17, 15) is 4.79 Å². The molecule has 0 saturated carbocycles. The van der Waals surface area contributed by atoms with Crippen molar-refractivity contribution >= 4 is 32.7 Å². The van der Waals surface area contributed by atoms with Crippen LogP contribution in [-0.4, -0.2) is 36.8 Å². The van der Waals surface area contributed by atoms with E-state index >= 15 is 0 Å². The average molecular weight is 455 g/mol. The Kier molecular flexibility index (Phi) is 5.83. The molecule has 6 heteroatoms. The van der Waals surface area contributed by atoms with Crippen molar-refractivity contribution in [3.05, 3.63) is 58.6 Å². The summed E-state index contributed by atoms with van der Waals surface area (Å²) in [5.41, 5.74) is 2.99. The third-order valence-electron chi connectivity index (χ3n) is 5.26. The summed E-state index contributed by atoms with van der Waals surface area (Å²) in [5.74, 6) is 0.626. The van der Waals surface area contributed by atoms with Crippen LogP contribution < -0.4 is 10.1 Å². The van der Waals surface area contributed by atoms with Gasteiger partial charge in [-0.2, -0.15) is 0 Å².